The van der Waals surface area contributed by atoms with E-state index in [4.69, 9.17) is 9.05 Å². The van der Waals surface area contributed by atoms with Crippen molar-refractivity contribution in [1.82, 2.24) is 4.34 Å². The Kier molecular flexibility index (Phi) is 4.13. The molecule has 0 aromatic heterocycles. The Morgan fingerprint density at radius 2 is 1.50 bits per heavy atom. The summed E-state index contributed by atoms with van der Waals surface area (Å²) < 4.78 is 23.3. The van der Waals surface area contributed by atoms with Gasteiger partial charge in [0.2, 0.25) is 0 Å². The molecule has 0 bridgehead atoms. The highest BCUT2D eigenvalue weighted by Gasteiger charge is 2.36. The average Bonchev–Trinajstić information content (AvgIpc) is 2.00. The van der Waals surface area contributed by atoms with Gasteiger partial charge in [0, 0.05) is 14.2 Å². The van der Waals surface area contributed by atoms with Crippen LogP contribution in [0.3, 0.4) is 0 Å². The van der Waals surface area contributed by atoms with Gasteiger partial charge in [0.15, 0.2) is 0 Å². The molecule has 0 radical (unpaired) electrons. The molecule has 0 aliphatic heterocycles. The molecule has 0 rings (SSSR count). The van der Waals surface area contributed by atoms with E-state index < -0.39 is 16.0 Å². The molecule has 0 heterocycles. The highest BCUT2D eigenvalue weighted by Crippen LogP contribution is 2.51. The van der Waals surface area contributed by atoms with Crippen molar-refractivity contribution < 1.29 is 13.6 Å². The molecule has 0 aliphatic carbocycles. The van der Waals surface area contributed by atoms with Crippen LogP contribution < -0.4 is 0 Å². The summed E-state index contributed by atoms with van der Waals surface area (Å²) in [6.07, 6.45) is 0. The average molecular weight is 211 g/mol. The van der Waals surface area contributed by atoms with Crippen LogP contribution in [0.4, 0.5) is 0 Å². The molecule has 74 valence electrons. The molecule has 4 nitrogen and oxygen atoms in total. The van der Waals surface area contributed by atoms with Crippen molar-refractivity contribution in [3.63, 3.8) is 0 Å². The van der Waals surface area contributed by atoms with Gasteiger partial charge in [-0.2, -0.15) is 0 Å². The first-order valence-electron chi connectivity index (χ1n) is 3.74. The maximum absolute atomic E-state index is 11.8. The minimum Gasteiger partial charge on any atom is -0.300 e. The van der Waals surface area contributed by atoms with Gasteiger partial charge in [0.1, 0.15) is 8.24 Å². The van der Waals surface area contributed by atoms with E-state index >= 15 is 0 Å². The van der Waals surface area contributed by atoms with Gasteiger partial charge in [-0.3, -0.25) is 0 Å². The van der Waals surface area contributed by atoms with Crippen LogP contribution in [0.1, 0.15) is 0 Å². The van der Waals surface area contributed by atoms with Crippen molar-refractivity contribution in [2.45, 2.75) is 19.6 Å². The molecule has 0 spiro atoms. The second kappa shape index (κ2) is 4.02. The first-order chi connectivity index (χ1) is 5.28. The van der Waals surface area contributed by atoms with E-state index in [0.717, 1.165) is 0 Å². The molecule has 0 aromatic rings. The highest BCUT2D eigenvalue weighted by molar-refractivity contribution is 7.53. The first kappa shape index (κ1) is 12.3. The second-order valence-electron chi connectivity index (χ2n) is 3.53. The molecule has 0 amide bonds. The Hall–Kier alpha value is 0.327. The Morgan fingerprint density at radius 3 is 1.58 bits per heavy atom. The topological polar surface area (TPSA) is 38.8 Å². The van der Waals surface area contributed by atoms with Crippen LogP contribution in [-0.2, 0) is 13.6 Å². The highest BCUT2D eigenvalue weighted by atomic mass is 31.2. The molecule has 0 atom stereocenters. The van der Waals surface area contributed by atoms with Gasteiger partial charge in [-0.1, -0.05) is 19.6 Å². The molecular formula is C6H18NO3PSi. The van der Waals surface area contributed by atoms with E-state index in [9.17, 15) is 4.57 Å². The summed E-state index contributed by atoms with van der Waals surface area (Å²) in [6.45, 7) is 6.24. The standard InChI is InChI=1S/C6H18NO3PSi/c1-7(12(4,5)6)11(8,9-2)10-3/h1-6H3. The van der Waals surface area contributed by atoms with Gasteiger partial charge in [-0.15, -0.1) is 0 Å². The first-order valence-corrected chi connectivity index (χ1v) is 8.68. The van der Waals surface area contributed by atoms with Crippen molar-refractivity contribution in [3.8, 4) is 0 Å². The van der Waals surface area contributed by atoms with Gasteiger partial charge in [-0.05, 0) is 7.05 Å². The van der Waals surface area contributed by atoms with Crippen molar-refractivity contribution in [1.29, 1.82) is 0 Å². The third-order valence-electron chi connectivity index (χ3n) is 1.80. The van der Waals surface area contributed by atoms with Gasteiger partial charge < -0.3 is 9.05 Å². The van der Waals surface area contributed by atoms with E-state index in [1.165, 1.54) is 14.2 Å². The summed E-state index contributed by atoms with van der Waals surface area (Å²) in [4.78, 5) is 0. The van der Waals surface area contributed by atoms with Crippen LogP contribution in [0.15, 0.2) is 0 Å². The molecule has 0 aromatic carbocycles. The van der Waals surface area contributed by atoms with Gasteiger partial charge >= 0.3 is 7.75 Å². The summed E-state index contributed by atoms with van der Waals surface area (Å²) in [5.41, 5.74) is 0. The Labute approximate surface area is 75.5 Å². The zero-order valence-electron chi connectivity index (χ0n) is 8.62. The normalized spacial score (nSPS) is 13.9. The van der Waals surface area contributed by atoms with Crippen molar-refractivity contribution in [2.24, 2.45) is 0 Å². The molecule has 0 unspecified atom stereocenters. The van der Waals surface area contributed by atoms with Gasteiger partial charge in [0.25, 0.3) is 0 Å². The van der Waals surface area contributed by atoms with Crippen LogP contribution in [0.5, 0.6) is 0 Å². The zero-order valence-corrected chi connectivity index (χ0v) is 10.5. The number of hydrogen-bond acceptors (Lipinski definition) is 3. The summed E-state index contributed by atoms with van der Waals surface area (Å²) in [7, 11) is -0.0312. The van der Waals surface area contributed by atoms with Crippen LogP contribution in [0.25, 0.3) is 0 Å². The lowest BCUT2D eigenvalue weighted by Gasteiger charge is -2.33. The molecule has 0 N–H and O–H groups in total. The molecule has 0 aliphatic rings. The van der Waals surface area contributed by atoms with Crippen LogP contribution in [0.2, 0.25) is 19.6 Å². The Balaban J connectivity index is 4.66. The molecule has 6 heteroatoms. The van der Waals surface area contributed by atoms with E-state index in [1.54, 1.807) is 11.4 Å². The maximum atomic E-state index is 11.8. The number of rotatable bonds is 4. The van der Waals surface area contributed by atoms with E-state index in [0.29, 0.717) is 0 Å². The fourth-order valence-corrected chi connectivity index (χ4v) is 4.76. The number of nitrogens with zero attached hydrogens (tertiary/aromatic N) is 1. The smallest absolute Gasteiger partial charge is 0.300 e. The Morgan fingerprint density at radius 1 is 1.17 bits per heavy atom. The largest absolute Gasteiger partial charge is 0.401 e. The maximum Gasteiger partial charge on any atom is 0.401 e. The minimum absolute atomic E-state index is 1.40. The summed E-state index contributed by atoms with van der Waals surface area (Å²) >= 11 is 0. The number of hydrogen-bond donors (Lipinski definition) is 0. The summed E-state index contributed by atoms with van der Waals surface area (Å²) in [6, 6.07) is 0. The molecule has 12 heavy (non-hydrogen) atoms. The lowest BCUT2D eigenvalue weighted by atomic mass is 11.6. The zero-order chi connectivity index (χ0) is 9.99. The van der Waals surface area contributed by atoms with Gasteiger partial charge in [-0.25, -0.2) is 8.90 Å². The molecular weight excluding hydrogens is 193 g/mol. The Bertz CT molecular complexity index is 184. The molecule has 0 saturated heterocycles. The lowest BCUT2D eigenvalue weighted by Crippen LogP contribution is -2.41. The van der Waals surface area contributed by atoms with E-state index in [-0.39, 0.29) is 0 Å². The van der Waals surface area contributed by atoms with E-state index in [1.807, 2.05) is 0 Å². The van der Waals surface area contributed by atoms with Crippen molar-refractivity contribution in [3.05, 3.63) is 0 Å². The minimum atomic E-state index is -3.00. The third-order valence-corrected chi connectivity index (χ3v) is 7.93. The van der Waals surface area contributed by atoms with E-state index in [2.05, 4.69) is 19.6 Å². The summed E-state index contributed by atoms with van der Waals surface area (Å²) in [5.74, 6) is 0. The second-order valence-corrected chi connectivity index (χ2v) is 11.2. The quantitative estimate of drug-likeness (QED) is 0.527. The van der Waals surface area contributed by atoms with Crippen LogP contribution >= 0.6 is 7.75 Å². The fourth-order valence-electron chi connectivity index (χ4n) is 0.687. The monoisotopic (exact) mass is 211 g/mol. The van der Waals surface area contributed by atoms with Crippen molar-refractivity contribution in [2.75, 3.05) is 21.3 Å². The molecule has 0 fully saturated rings. The summed E-state index contributed by atoms with van der Waals surface area (Å²) in [5, 5.41) is 0. The van der Waals surface area contributed by atoms with Gasteiger partial charge in [0.05, 0.1) is 0 Å². The fraction of sp³-hybridized carbons (Fsp3) is 1.00. The predicted octanol–water partition coefficient (Wildman–Crippen LogP) is 2.15. The van der Waals surface area contributed by atoms with Crippen molar-refractivity contribution >= 4 is 16.0 Å². The third kappa shape index (κ3) is 2.67. The predicted molar refractivity (Wildman–Crippen MR) is 52.7 cm³/mol. The van der Waals surface area contributed by atoms with Crippen LogP contribution in [0, 0.1) is 0 Å². The SMILES string of the molecule is COP(=O)(OC)N(C)[Si](C)(C)C. The van der Waals surface area contributed by atoms with Crippen LogP contribution in [-0.4, -0.2) is 33.8 Å². The molecule has 0 saturated carbocycles. The lowest BCUT2D eigenvalue weighted by molar-refractivity contribution is 0.245.